The van der Waals surface area contributed by atoms with Gasteiger partial charge in [-0.1, -0.05) is 36.0 Å². The average molecular weight is 351 g/mol. The second kappa shape index (κ2) is 6.52. The number of nitrogens with one attached hydrogen (secondary N) is 1. The van der Waals surface area contributed by atoms with Crippen LogP contribution in [-0.2, 0) is 10.0 Å². The number of rotatable bonds is 6. The van der Waals surface area contributed by atoms with E-state index < -0.39 is 15.9 Å². The van der Waals surface area contributed by atoms with Crippen LogP contribution in [0.15, 0.2) is 17.0 Å². The predicted molar refractivity (Wildman–Crippen MR) is 82.1 cm³/mol. The van der Waals surface area contributed by atoms with Crippen molar-refractivity contribution in [3.8, 4) is 0 Å². The number of nitrogens with two attached hydrogens (primary N) is 1. The molecule has 0 radical (unpaired) electrons. The molecule has 116 valence electrons. The molecule has 1 aliphatic carbocycles. The molecule has 21 heavy (non-hydrogen) atoms. The highest BCUT2D eigenvalue weighted by molar-refractivity contribution is 7.89. The summed E-state index contributed by atoms with van der Waals surface area (Å²) in [5, 5.41) is 7.65. The van der Waals surface area contributed by atoms with E-state index in [-0.39, 0.29) is 20.5 Å². The van der Waals surface area contributed by atoms with E-state index in [4.69, 9.17) is 28.3 Å². The third kappa shape index (κ3) is 4.57. The lowest BCUT2D eigenvalue weighted by Gasteiger charge is -2.10. The van der Waals surface area contributed by atoms with Crippen molar-refractivity contribution in [3.63, 3.8) is 0 Å². The second-order valence-electron chi connectivity index (χ2n) is 5.15. The van der Waals surface area contributed by atoms with Crippen molar-refractivity contribution in [2.75, 3.05) is 6.54 Å². The third-order valence-corrected chi connectivity index (χ3v) is 5.00. The van der Waals surface area contributed by atoms with Crippen molar-refractivity contribution in [2.45, 2.75) is 30.6 Å². The van der Waals surface area contributed by atoms with Crippen LogP contribution in [0.1, 0.15) is 36.0 Å². The number of carbonyl (C=O) groups is 1. The summed E-state index contributed by atoms with van der Waals surface area (Å²) in [5.74, 6) is 0.342. The molecule has 0 heterocycles. The quantitative estimate of drug-likeness (QED) is 0.772. The van der Waals surface area contributed by atoms with E-state index in [1.807, 2.05) is 0 Å². The summed E-state index contributed by atoms with van der Waals surface area (Å²) in [6.07, 6.45) is 4.51. The summed E-state index contributed by atoms with van der Waals surface area (Å²) in [5.41, 5.74) is 0.0135. The number of carbonyl (C=O) groups excluding carboxylic acids is 1. The lowest BCUT2D eigenvalue weighted by Crippen LogP contribution is -2.25. The van der Waals surface area contributed by atoms with Gasteiger partial charge in [-0.25, -0.2) is 13.6 Å². The van der Waals surface area contributed by atoms with Gasteiger partial charge in [0.15, 0.2) is 0 Å². The summed E-state index contributed by atoms with van der Waals surface area (Å²) < 4.78 is 22.9. The standard InChI is InChI=1S/C13H16Cl2N2O3S/c14-9-6-10(12(15)11(7-9)21(16,19)20)13(18)17-5-1-2-8-3-4-8/h6-8H,1-5H2,(H,17,18)(H2,16,19,20). The Kier molecular flexibility index (Phi) is 5.14. The molecule has 1 amide bonds. The zero-order valence-electron chi connectivity index (χ0n) is 11.2. The lowest BCUT2D eigenvalue weighted by atomic mass is 10.2. The van der Waals surface area contributed by atoms with E-state index in [9.17, 15) is 13.2 Å². The van der Waals surface area contributed by atoms with Gasteiger partial charge < -0.3 is 5.32 Å². The number of sulfonamides is 1. The molecule has 1 aromatic rings. The van der Waals surface area contributed by atoms with Crippen LogP contribution >= 0.6 is 23.2 Å². The molecule has 0 spiro atoms. The Morgan fingerprint density at radius 1 is 1.33 bits per heavy atom. The van der Waals surface area contributed by atoms with Gasteiger partial charge in [-0.3, -0.25) is 4.79 Å². The molecular formula is C13H16Cl2N2O3S. The molecular weight excluding hydrogens is 335 g/mol. The van der Waals surface area contributed by atoms with E-state index >= 15 is 0 Å². The second-order valence-corrected chi connectivity index (χ2v) is 7.50. The Hall–Kier alpha value is -0.820. The largest absolute Gasteiger partial charge is 0.352 e. The Bertz CT molecular complexity index is 658. The Morgan fingerprint density at radius 2 is 2.00 bits per heavy atom. The van der Waals surface area contributed by atoms with E-state index in [1.54, 1.807) is 0 Å². The number of primary sulfonamides is 1. The first-order chi connectivity index (χ1) is 9.79. The first-order valence-corrected chi connectivity index (χ1v) is 8.89. The molecule has 2 rings (SSSR count). The maximum Gasteiger partial charge on any atom is 0.252 e. The van der Waals surface area contributed by atoms with Crippen molar-refractivity contribution >= 4 is 39.1 Å². The Balaban J connectivity index is 2.10. The molecule has 5 nitrogen and oxygen atoms in total. The normalized spacial score (nSPS) is 15.0. The van der Waals surface area contributed by atoms with Crippen LogP contribution in [0.2, 0.25) is 10.0 Å². The van der Waals surface area contributed by atoms with Crippen molar-refractivity contribution in [2.24, 2.45) is 11.1 Å². The smallest absolute Gasteiger partial charge is 0.252 e. The first kappa shape index (κ1) is 16.5. The van der Waals surface area contributed by atoms with Crippen molar-refractivity contribution < 1.29 is 13.2 Å². The molecule has 1 saturated carbocycles. The first-order valence-electron chi connectivity index (χ1n) is 6.59. The fraction of sp³-hybridized carbons (Fsp3) is 0.462. The average Bonchev–Trinajstić information content (AvgIpc) is 3.19. The van der Waals surface area contributed by atoms with Gasteiger partial charge in [-0.05, 0) is 30.9 Å². The third-order valence-electron chi connectivity index (χ3n) is 3.33. The molecule has 0 saturated heterocycles. The fourth-order valence-corrected chi connectivity index (χ4v) is 3.48. The lowest BCUT2D eigenvalue weighted by molar-refractivity contribution is 0.0952. The fourth-order valence-electron chi connectivity index (χ4n) is 2.03. The minimum absolute atomic E-state index is 0.0135. The predicted octanol–water partition coefficient (Wildman–Crippen LogP) is 2.56. The van der Waals surface area contributed by atoms with E-state index in [0.717, 1.165) is 24.8 Å². The van der Waals surface area contributed by atoms with Gasteiger partial charge >= 0.3 is 0 Å². The molecule has 0 aliphatic heterocycles. The zero-order valence-corrected chi connectivity index (χ0v) is 13.6. The van der Waals surface area contributed by atoms with Crippen molar-refractivity contribution in [1.82, 2.24) is 5.32 Å². The van der Waals surface area contributed by atoms with Gasteiger partial charge in [0.1, 0.15) is 4.90 Å². The molecule has 0 aromatic heterocycles. The molecule has 0 bridgehead atoms. The van der Waals surface area contributed by atoms with Gasteiger partial charge in [0.2, 0.25) is 10.0 Å². The van der Waals surface area contributed by atoms with Crippen molar-refractivity contribution in [3.05, 3.63) is 27.7 Å². The molecule has 1 fully saturated rings. The number of hydrogen-bond acceptors (Lipinski definition) is 3. The number of benzene rings is 1. The Morgan fingerprint density at radius 3 is 2.57 bits per heavy atom. The summed E-state index contributed by atoms with van der Waals surface area (Å²) in [6, 6.07) is 2.46. The van der Waals surface area contributed by atoms with Gasteiger partial charge in [-0.2, -0.15) is 0 Å². The van der Waals surface area contributed by atoms with Crippen LogP contribution in [0.4, 0.5) is 0 Å². The summed E-state index contributed by atoms with van der Waals surface area (Å²) >= 11 is 11.8. The van der Waals surface area contributed by atoms with Crippen LogP contribution in [0, 0.1) is 5.92 Å². The molecule has 0 atom stereocenters. The van der Waals surface area contributed by atoms with E-state index in [0.29, 0.717) is 6.54 Å². The van der Waals surface area contributed by atoms with Crippen LogP contribution < -0.4 is 10.5 Å². The Labute approximate surface area is 133 Å². The molecule has 1 aliphatic rings. The molecule has 3 N–H and O–H groups in total. The maximum absolute atomic E-state index is 12.1. The van der Waals surface area contributed by atoms with Crippen LogP contribution in [0.25, 0.3) is 0 Å². The van der Waals surface area contributed by atoms with Crippen LogP contribution in [-0.4, -0.2) is 20.9 Å². The number of hydrogen-bond donors (Lipinski definition) is 2. The van der Waals surface area contributed by atoms with Crippen molar-refractivity contribution in [1.29, 1.82) is 0 Å². The van der Waals surface area contributed by atoms with Gasteiger partial charge in [0, 0.05) is 11.6 Å². The van der Waals surface area contributed by atoms with Gasteiger partial charge in [0.25, 0.3) is 5.91 Å². The monoisotopic (exact) mass is 350 g/mol. The molecule has 8 heteroatoms. The number of amides is 1. The van der Waals surface area contributed by atoms with Crippen LogP contribution in [0.5, 0.6) is 0 Å². The topological polar surface area (TPSA) is 89.3 Å². The summed E-state index contributed by atoms with van der Waals surface area (Å²) in [4.78, 5) is 11.7. The van der Waals surface area contributed by atoms with Gasteiger partial charge in [-0.15, -0.1) is 0 Å². The maximum atomic E-state index is 12.1. The number of halogens is 2. The summed E-state index contributed by atoms with van der Waals surface area (Å²) in [6.45, 7) is 0.517. The summed E-state index contributed by atoms with van der Waals surface area (Å²) in [7, 11) is -4.04. The highest BCUT2D eigenvalue weighted by atomic mass is 35.5. The highest BCUT2D eigenvalue weighted by Crippen LogP contribution is 2.33. The highest BCUT2D eigenvalue weighted by Gasteiger charge is 2.22. The minimum atomic E-state index is -4.04. The molecule has 0 unspecified atom stereocenters. The van der Waals surface area contributed by atoms with E-state index in [1.165, 1.54) is 18.9 Å². The van der Waals surface area contributed by atoms with Gasteiger partial charge in [0.05, 0.1) is 10.6 Å². The van der Waals surface area contributed by atoms with Crippen LogP contribution in [0.3, 0.4) is 0 Å². The molecule has 1 aromatic carbocycles. The van der Waals surface area contributed by atoms with E-state index in [2.05, 4.69) is 5.32 Å². The zero-order chi connectivity index (χ0) is 15.6. The SMILES string of the molecule is NS(=O)(=O)c1cc(Cl)cc(C(=O)NCCCC2CC2)c1Cl. The minimum Gasteiger partial charge on any atom is -0.352 e.